The molecule has 0 fully saturated rings. The maximum Gasteiger partial charge on any atom is 0.123 e. The number of benzene rings is 1. The summed E-state index contributed by atoms with van der Waals surface area (Å²) >= 11 is 0. The third-order valence-corrected chi connectivity index (χ3v) is 3.35. The molecule has 1 N–H and O–H groups in total. The fourth-order valence-corrected chi connectivity index (χ4v) is 2.24. The van der Waals surface area contributed by atoms with Crippen LogP contribution in [0, 0.1) is 11.7 Å². The second kappa shape index (κ2) is 7.52. The highest BCUT2D eigenvalue weighted by Crippen LogP contribution is 2.23. The Morgan fingerprint density at radius 2 is 1.72 bits per heavy atom. The van der Waals surface area contributed by atoms with Crippen LogP contribution in [0.1, 0.15) is 58.6 Å². The maximum atomic E-state index is 13.0. The van der Waals surface area contributed by atoms with Crippen molar-refractivity contribution in [2.45, 2.75) is 59.0 Å². The van der Waals surface area contributed by atoms with Crippen molar-refractivity contribution < 1.29 is 4.39 Å². The Bertz CT molecular complexity index is 331. The molecule has 0 saturated heterocycles. The van der Waals surface area contributed by atoms with Crippen LogP contribution in [-0.2, 0) is 0 Å². The van der Waals surface area contributed by atoms with E-state index in [1.165, 1.54) is 24.8 Å². The van der Waals surface area contributed by atoms with Gasteiger partial charge in [0.05, 0.1) is 0 Å². The molecular formula is C16H26FN. The van der Waals surface area contributed by atoms with Gasteiger partial charge >= 0.3 is 0 Å². The highest BCUT2D eigenvalue weighted by molar-refractivity contribution is 5.20. The predicted octanol–water partition coefficient (Wildman–Crippen LogP) is 4.69. The Morgan fingerprint density at radius 3 is 2.22 bits per heavy atom. The molecule has 2 heteroatoms. The number of halogens is 1. The van der Waals surface area contributed by atoms with Gasteiger partial charge in [-0.05, 0) is 37.0 Å². The molecule has 1 nitrogen and oxygen atoms in total. The monoisotopic (exact) mass is 251 g/mol. The molecule has 0 spiro atoms. The van der Waals surface area contributed by atoms with Crippen molar-refractivity contribution in [2.75, 3.05) is 0 Å². The van der Waals surface area contributed by atoms with E-state index in [9.17, 15) is 4.39 Å². The van der Waals surface area contributed by atoms with Gasteiger partial charge in [-0.25, -0.2) is 4.39 Å². The Kier molecular flexibility index (Phi) is 6.34. The Labute approximate surface area is 111 Å². The van der Waals surface area contributed by atoms with Crippen LogP contribution in [0.2, 0.25) is 0 Å². The van der Waals surface area contributed by atoms with Gasteiger partial charge in [-0.1, -0.05) is 45.7 Å². The van der Waals surface area contributed by atoms with E-state index in [2.05, 4.69) is 33.0 Å². The first-order chi connectivity index (χ1) is 8.54. The summed E-state index contributed by atoms with van der Waals surface area (Å²) in [6, 6.07) is 7.67. The molecule has 0 saturated carbocycles. The maximum absolute atomic E-state index is 13.0. The molecule has 1 aromatic rings. The summed E-state index contributed by atoms with van der Waals surface area (Å²) in [5, 5.41) is 3.66. The van der Waals surface area contributed by atoms with Gasteiger partial charge in [-0.2, -0.15) is 0 Å². The lowest BCUT2D eigenvalue weighted by Gasteiger charge is -2.27. The number of rotatable bonds is 7. The van der Waals surface area contributed by atoms with Gasteiger partial charge < -0.3 is 5.32 Å². The molecule has 0 bridgehead atoms. The van der Waals surface area contributed by atoms with Crippen LogP contribution in [0.3, 0.4) is 0 Å². The largest absolute Gasteiger partial charge is 0.307 e. The fourth-order valence-electron chi connectivity index (χ4n) is 2.24. The third kappa shape index (κ3) is 4.77. The van der Waals surface area contributed by atoms with E-state index in [0.717, 1.165) is 0 Å². The summed E-state index contributed by atoms with van der Waals surface area (Å²) in [6.07, 6.45) is 3.68. The van der Waals surface area contributed by atoms with Crippen molar-refractivity contribution >= 4 is 0 Å². The summed E-state index contributed by atoms with van der Waals surface area (Å²) in [5.74, 6) is 0.333. The zero-order valence-electron chi connectivity index (χ0n) is 12.0. The smallest absolute Gasteiger partial charge is 0.123 e. The van der Waals surface area contributed by atoms with Crippen molar-refractivity contribution in [2.24, 2.45) is 5.92 Å². The number of nitrogens with one attached hydrogen (secondary N) is 1. The summed E-state index contributed by atoms with van der Waals surface area (Å²) in [6.45, 7) is 8.85. The molecule has 2 unspecified atom stereocenters. The molecule has 0 aliphatic carbocycles. The second-order valence-electron chi connectivity index (χ2n) is 5.48. The average molecular weight is 251 g/mol. The minimum atomic E-state index is -0.166. The fraction of sp³-hybridized carbons (Fsp3) is 0.625. The minimum absolute atomic E-state index is 0.166. The van der Waals surface area contributed by atoms with Crippen LogP contribution in [0.15, 0.2) is 24.3 Å². The van der Waals surface area contributed by atoms with Crippen molar-refractivity contribution in [3.05, 3.63) is 35.6 Å². The lowest BCUT2D eigenvalue weighted by molar-refractivity contribution is 0.355. The molecular weight excluding hydrogens is 225 g/mol. The van der Waals surface area contributed by atoms with Gasteiger partial charge in [0, 0.05) is 12.1 Å². The molecule has 1 rings (SSSR count). The standard InChI is InChI=1S/C16H26FN/c1-5-6-7-13(4)18-16(12(2)3)14-8-10-15(17)11-9-14/h8-13,16,18H,5-7H2,1-4H3. The summed E-state index contributed by atoms with van der Waals surface area (Å²) in [4.78, 5) is 0. The van der Waals surface area contributed by atoms with E-state index in [1.54, 1.807) is 12.1 Å². The van der Waals surface area contributed by atoms with Gasteiger partial charge in [0.25, 0.3) is 0 Å². The Balaban J connectivity index is 2.68. The number of hydrogen-bond acceptors (Lipinski definition) is 1. The number of hydrogen-bond donors (Lipinski definition) is 1. The normalized spacial score (nSPS) is 14.8. The third-order valence-electron chi connectivity index (χ3n) is 3.35. The van der Waals surface area contributed by atoms with Crippen LogP contribution < -0.4 is 5.32 Å². The first-order valence-electron chi connectivity index (χ1n) is 7.06. The van der Waals surface area contributed by atoms with Gasteiger partial charge in [0.1, 0.15) is 5.82 Å². The molecule has 0 aromatic heterocycles. The molecule has 18 heavy (non-hydrogen) atoms. The Hall–Kier alpha value is -0.890. The van der Waals surface area contributed by atoms with E-state index in [4.69, 9.17) is 0 Å². The second-order valence-corrected chi connectivity index (χ2v) is 5.48. The first-order valence-corrected chi connectivity index (χ1v) is 7.06. The SMILES string of the molecule is CCCCC(C)NC(c1ccc(F)cc1)C(C)C. The van der Waals surface area contributed by atoms with Crippen LogP contribution in [0.5, 0.6) is 0 Å². The van der Waals surface area contributed by atoms with Crippen molar-refractivity contribution in [1.29, 1.82) is 0 Å². The van der Waals surface area contributed by atoms with Crippen molar-refractivity contribution in [3.8, 4) is 0 Å². The molecule has 2 atom stereocenters. The molecule has 1 aromatic carbocycles. The highest BCUT2D eigenvalue weighted by Gasteiger charge is 2.17. The van der Waals surface area contributed by atoms with Crippen LogP contribution in [0.25, 0.3) is 0 Å². The highest BCUT2D eigenvalue weighted by atomic mass is 19.1. The molecule has 102 valence electrons. The minimum Gasteiger partial charge on any atom is -0.307 e. The summed E-state index contributed by atoms with van der Waals surface area (Å²) in [5.41, 5.74) is 1.18. The van der Waals surface area contributed by atoms with E-state index >= 15 is 0 Å². The zero-order valence-corrected chi connectivity index (χ0v) is 12.0. The van der Waals surface area contributed by atoms with E-state index < -0.39 is 0 Å². The topological polar surface area (TPSA) is 12.0 Å². The molecule has 0 radical (unpaired) electrons. The van der Waals surface area contributed by atoms with Crippen molar-refractivity contribution in [1.82, 2.24) is 5.32 Å². The molecule has 0 aliphatic heterocycles. The Morgan fingerprint density at radius 1 is 1.11 bits per heavy atom. The van der Waals surface area contributed by atoms with Crippen LogP contribution >= 0.6 is 0 Å². The van der Waals surface area contributed by atoms with Crippen LogP contribution in [-0.4, -0.2) is 6.04 Å². The van der Waals surface area contributed by atoms with E-state index in [-0.39, 0.29) is 5.82 Å². The lowest BCUT2D eigenvalue weighted by Crippen LogP contribution is -2.33. The average Bonchev–Trinajstić information content (AvgIpc) is 2.34. The van der Waals surface area contributed by atoms with Gasteiger partial charge in [-0.3, -0.25) is 0 Å². The number of unbranched alkanes of at least 4 members (excludes halogenated alkanes) is 1. The summed E-state index contributed by atoms with van der Waals surface area (Å²) < 4.78 is 13.0. The molecule has 0 amide bonds. The van der Waals surface area contributed by atoms with E-state index in [0.29, 0.717) is 18.0 Å². The van der Waals surface area contributed by atoms with Crippen molar-refractivity contribution in [3.63, 3.8) is 0 Å². The quantitative estimate of drug-likeness (QED) is 0.741. The van der Waals surface area contributed by atoms with Crippen LogP contribution in [0.4, 0.5) is 4.39 Å². The summed E-state index contributed by atoms with van der Waals surface area (Å²) in [7, 11) is 0. The predicted molar refractivity (Wildman–Crippen MR) is 76.1 cm³/mol. The van der Waals surface area contributed by atoms with Gasteiger partial charge in [0.15, 0.2) is 0 Å². The molecule has 0 aliphatic rings. The van der Waals surface area contributed by atoms with Gasteiger partial charge in [-0.15, -0.1) is 0 Å². The van der Waals surface area contributed by atoms with E-state index in [1.807, 2.05) is 12.1 Å². The lowest BCUT2D eigenvalue weighted by atomic mass is 9.94. The molecule has 0 heterocycles. The first kappa shape index (κ1) is 15.2. The zero-order chi connectivity index (χ0) is 13.5. The van der Waals surface area contributed by atoms with Gasteiger partial charge in [0.2, 0.25) is 0 Å².